The highest BCUT2D eigenvalue weighted by molar-refractivity contribution is 5.89. The standard InChI is InChI=1S/C17H38N8O2/c18-9-3-1-7-13(20)15(26)25-14(8-2-4-10-19)16(27)23-11-5-6-12-24-17(21)22/h13-14H,1-12,18-20H2,(H,23,27)(H,25,26)(H4,21,22,24)/t13-,14-/m0/s1. The lowest BCUT2D eigenvalue weighted by molar-refractivity contribution is -0.129. The topological polar surface area (TPSA) is 201 Å². The number of hydrogen-bond acceptors (Lipinski definition) is 6. The average Bonchev–Trinajstić information content (AvgIpc) is 2.63. The molecular weight excluding hydrogens is 348 g/mol. The van der Waals surface area contributed by atoms with Crippen LogP contribution in [0.1, 0.15) is 51.4 Å². The second-order valence-corrected chi connectivity index (χ2v) is 6.54. The lowest BCUT2D eigenvalue weighted by Crippen LogP contribution is -2.51. The van der Waals surface area contributed by atoms with Gasteiger partial charge in [0, 0.05) is 13.1 Å². The zero-order valence-corrected chi connectivity index (χ0v) is 16.3. The van der Waals surface area contributed by atoms with Crippen molar-refractivity contribution in [2.75, 3.05) is 26.2 Å². The van der Waals surface area contributed by atoms with Crippen molar-refractivity contribution in [3.8, 4) is 0 Å². The van der Waals surface area contributed by atoms with E-state index < -0.39 is 12.1 Å². The molecule has 0 aliphatic carbocycles. The molecule has 2 atom stereocenters. The molecule has 158 valence electrons. The van der Waals surface area contributed by atoms with Crippen LogP contribution in [0.15, 0.2) is 4.99 Å². The van der Waals surface area contributed by atoms with Crippen molar-refractivity contribution in [2.45, 2.75) is 63.5 Å². The van der Waals surface area contributed by atoms with Crippen molar-refractivity contribution < 1.29 is 9.59 Å². The predicted octanol–water partition coefficient (Wildman–Crippen LogP) is -1.77. The number of hydrogen-bond donors (Lipinski definition) is 7. The fourth-order valence-electron chi connectivity index (χ4n) is 2.46. The summed E-state index contributed by atoms with van der Waals surface area (Å²) in [5, 5.41) is 5.61. The van der Waals surface area contributed by atoms with E-state index in [1.807, 2.05) is 0 Å². The van der Waals surface area contributed by atoms with Crippen LogP contribution >= 0.6 is 0 Å². The van der Waals surface area contributed by atoms with Crippen LogP contribution in [-0.2, 0) is 9.59 Å². The Morgan fingerprint density at radius 1 is 0.852 bits per heavy atom. The molecule has 0 aliphatic heterocycles. The zero-order valence-electron chi connectivity index (χ0n) is 16.3. The third-order valence-electron chi connectivity index (χ3n) is 4.06. The molecule has 0 fully saturated rings. The number of carbonyl (C=O) groups is 2. The zero-order chi connectivity index (χ0) is 20.5. The number of carbonyl (C=O) groups excluding carboxylic acids is 2. The van der Waals surface area contributed by atoms with Crippen molar-refractivity contribution >= 4 is 17.8 Å². The minimum atomic E-state index is -0.638. The third kappa shape index (κ3) is 13.9. The summed E-state index contributed by atoms with van der Waals surface area (Å²) >= 11 is 0. The van der Waals surface area contributed by atoms with Crippen LogP contribution in [0.5, 0.6) is 0 Å². The van der Waals surface area contributed by atoms with Gasteiger partial charge < -0.3 is 39.3 Å². The van der Waals surface area contributed by atoms with Gasteiger partial charge in [0.1, 0.15) is 6.04 Å². The molecule has 0 rings (SSSR count). The Balaban J connectivity index is 4.39. The maximum absolute atomic E-state index is 12.4. The quantitative estimate of drug-likeness (QED) is 0.0923. The van der Waals surface area contributed by atoms with E-state index in [4.69, 9.17) is 28.7 Å². The summed E-state index contributed by atoms with van der Waals surface area (Å²) in [4.78, 5) is 28.6. The molecule has 0 saturated heterocycles. The molecule has 2 amide bonds. The number of nitrogens with two attached hydrogens (primary N) is 5. The molecule has 0 bridgehead atoms. The summed E-state index contributed by atoms with van der Waals surface area (Å²) in [6.07, 6.45) is 5.72. The van der Waals surface area contributed by atoms with E-state index in [1.165, 1.54) is 0 Å². The molecule has 0 aliphatic rings. The van der Waals surface area contributed by atoms with E-state index in [9.17, 15) is 9.59 Å². The second kappa shape index (κ2) is 16.3. The molecule has 0 heterocycles. The van der Waals surface area contributed by atoms with Gasteiger partial charge in [0.2, 0.25) is 11.8 Å². The van der Waals surface area contributed by atoms with Crippen molar-refractivity contribution in [2.24, 2.45) is 33.7 Å². The Labute approximate surface area is 162 Å². The van der Waals surface area contributed by atoms with Crippen LogP contribution in [-0.4, -0.2) is 56.0 Å². The van der Waals surface area contributed by atoms with Gasteiger partial charge >= 0.3 is 0 Å². The predicted molar refractivity (Wildman–Crippen MR) is 109 cm³/mol. The summed E-state index contributed by atoms with van der Waals surface area (Å²) in [6, 6.07) is -1.25. The smallest absolute Gasteiger partial charge is 0.242 e. The van der Waals surface area contributed by atoms with Gasteiger partial charge in [0.25, 0.3) is 0 Å². The molecule has 0 spiro atoms. The summed E-state index contributed by atoms with van der Waals surface area (Å²) < 4.78 is 0. The van der Waals surface area contributed by atoms with E-state index in [0.29, 0.717) is 39.0 Å². The van der Waals surface area contributed by atoms with Crippen LogP contribution in [0.2, 0.25) is 0 Å². The van der Waals surface area contributed by atoms with Crippen molar-refractivity contribution in [1.29, 1.82) is 0 Å². The molecule has 0 unspecified atom stereocenters. The Morgan fingerprint density at radius 2 is 1.48 bits per heavy atom. The summed E-state index contributed by atoms with van der Waals surface area (Å²) in [7, 11) is 0. The molecule has 12 N–H and O–H groups in total. The van der Waals surface area contributed by atoms with Gasteiger partial charge in [0.15, 0.2) is 5.96 Å². The Hall–Kier alpha value is -1.91. The lowest BCUT2D eigenvalue weighted by atomic mass is 10.1. The molecule has 0 aromatic rings. The molecule has 0 saturated carbocycles. The Bertz CT molecular complexity index is 441. The van der Waals surface area contributed by atoms with Gasteiger partial charge in [-0.3, -0.25) is 14.6 Å². The van der Waals surface area contributed by atoms with Gasteiger partial charge in [-0.15, -0.1) is 0 Å². The number of unbranched alkanes of at least 4 members (excludes halogenated alkanes) is 3. The summed E-state index contributed by atoms with van der Waals surface area (Å²) in [5.74, 6) is -0.464. The van der Waals surface area contributed by atoms with E-state index >= 15 is 0 Å². The Morgan fingerprint density at radius 3 is 2.07 bits per heavy atom. The highest BCUT2D eigenvalue weighted by atomic mass is 16.2. The van der Waals surface area contributed by atoms with E-state index in [1.54, 1.807) is 0 Å². The molecule has 0 radical (unpaired) electrons. The highest BCUT2D eigenvalue weighted by Crippen LogP contribution is 2.04. The molecule has 0 aromatic heterocycles. The van der Waals surface area contributed by atoms with E-state index in [2.05, 4.69) is 15.6 Å². The lowest BCUT2D eigenvalue weighted by Gasteiger charge is -2.21. The first-order valence-corrected chi connectivity index (χ1v) is 9.71. The average molecular weight is 387 g/mol. The number of nitrogens with one attached hydrogen (secondary N) is 2. The van der Waals surface area contributed by atoms with Crippen LogP contribution in [0.3, 0.4) is 0 Å². The SMILES string of the molecule is NCCCC[C@H](NC(=O)[C@@H](N)CCCCN)C(=O)NCCCCN=C(N)N. The van der Waals surface area contributed by atoms with E-state index in [-0.39, 0.29) is 17.8 Å². The van der Waals surface area contributed by atoms with Gasteiger partial charge in [-0.05, 0) is 58.0 Å². The molecule has 27 heavy (non-hydrogen) atoms. The highest BCUT2D eigenvalue weighted by Gasteiger charge is 2.22. The number of aliphatic imine (C=N–C) groups is 1. The van der Waals surface area contributed by atoms with Crippen molar-refractivity contribution in [3.63, 3.8) is 0 Å². The Kier molecular flexibility index (Phi) is 15.1. The van der Waals surface area contributed by atoms with E-state index in [0.717, 1.165) is 38.5 Å². The monoisotopic (exact) mass is 386 g/mol. The van der Waals surface area contributed by atoms with Gasteiger partial charge in [0.05, 0.1) is 6.04 Å². The molecule has 10 nitrogen and oxygen atoms in total. The fourth-order valence-corrected chi connectivity index (χ4v) is 2.46. The fraction of sp³-hybridized carbons (Fsp3) is 0.824. The molecule has 0 aromatic carbocycles. The second-order valence-electron chi connectivity index (χ2n) is 6.54. The first kappa shape index (κ1) is 25.1. The van der Waals surface area contributed by atoms with Crippen molar-refractivity contribution in [1.82, 2.24) is 10.6 Å². The molecule has 10 heteroatoms. The molecular formula is C17H38N8O2. The maximum atomic E-state index is 12.4. The van der Waals surface area contributed by atoms with Crippen LogP contribution in [0.4, 0.5) is 0 Å². The first-order valence-electron chi connectivity index (χ1n) is 9.71. The van der Waals surface area contributed by atoms with Crippen LogP contribution < -0.4 is 39.3 Å². The normalized spacial score (nSPS) is 12.9. The minimum Gasteiger partial charge on any atom is -0.370 e. The largest absolute Gasteiger partial charge is 0.370 e. The third-order valence-corrected chi connectivity index (χ3v) is 4.06. The number of rotatable bonds is 16. The minimum absolute atomic E-state index is 0.0597. The number of amides is 2. The van der Waals surface area contributed by atoms with Gasteiger partial charge in [-0.1, -0.05) is 6.42 Å². The van der Waals surface area contributed by atoms with Gasteiger partial charge in [-0.2, -0.15) is 0 Å². The van der Waals surface area contributed by atoms with Crippen molar-refractivity contribution in [3.05, 3.63) is 0 Å². The summed E-state index contributed by atoms with van der Waals surface area (Å²) in [5.41, 5.74) is 27.4. The maximum Gasteiger partial charge on any atom is 0.242 e. The first-order chi connectivity index (χ1) is 12.9. The number of guanidine groups is 1. The number of nitrogens with zero attached hydrogens (tertiary/aromatic N) is 1. The van der Waals surface area contributed by atoms with Gasteiger partial charge in [-0.25, -0.2) is 0 Å². The van der Waals surface area contributed by atoms with Crippen LogP contribution in [0.25, 0.3) is 0 Å². The summed E-state index contributed by atoms with van der Waals surface area (Å²) in [6.45, 7) is 2.13. The van der Waals surface area contributed by atoms with Crippen LogP contribution in [0, 0.1) is 0 Å².